The van der Waals surface area contributed by atoms with Crippen molar-refractivity contribution in [3.63, 3.8) is 0 Å². The molecule has 1 saturated heterocycles. The van der Waals surface area contributed by atoms with E-state index in [9.17, 15) is 14.7 Å². The van der Waals surface area contributed by atoms with Crippen LogP contribution < -0.4 is 10.4 Å². The van der Waals surface area contributed by atoms with Crippen molar-refractivity contribution in [2.24, 2.45) is 0 Å². The zero-order chi connectivity index (χ0) is 26.9. The van der Waals surface area contributed by atoms with Crippen LogP contribution in [0, 0.1) is 0 Å². The monoisotopic (exact) mass is 547 g/mol. The molecule has 0 saturated carbocycles. The van der Waals surface area contributed by atoms with Crippen LogP contribution in [0.4, 0.5) is 0 Å². The van der Waals surface area contributed by atoms with Gasteiger partial charge in [-0.1, -0.05) is 29.8 Å². The molecule has 1 aromatic carbocycles. The van der Waals surface area contributed by atoms with E-state index in [1.807, 2.05) is 41.4 Å². The summed E-state index contributed by atoms with van der Waals surface area (Å²) in [6.07, 6.45) is 6.19. The van der Waals surface area contributed by atoms with Crippen LogP contribution >= 0.6 is 11.6 Å². The van der Waals surface area contributed by atoms with E-state index in [1.165, 1.54) is 6.33 Å². The van der Waals surface area contributed by atoms with Crippen LogP contribution in [0.3, 0.4) is 0 Å². The van der Waals surface area contributed by atoms with Gasteiger partial charge in [0.05, 0.1) is 17.5 Å². The van der Waals surface area contributed by atoms with Gasteiger partial charge in [-0.3, -0.25) is 14.3 Å². The lowest BCUT2D eigenvalue weighted by atomic mass is 10.0. The Kier molecular flexibility index (Phi) is 6.76. The fourth-order valence-corrected chi connectivity index (χ4v) is 5.53. The molecule has 6 rings (SSSR count). The third-order valence-electron chi connectivity index (χ3n) is 7.09. The Morgan fingerprint density at radius 1 is 1.10 bits per heavy atom. The fourth-order valence-electron chi connectivity index (χ4n) is 5.29. The highest BCUT2D eigenvalue weighted by atomic mass is 35.5. The Morgan fingerprint density at radius 2 is 1.92 bits per heavy atom. The topological polar surface area (TPSA) is 131 Å². The van der Waals surface area contributed by atoms with E-state index in [2.05, 4.69) is 19.9 Å². The quantitative estimate of drug-likeness (QED) is 0.320. The third kappa shape index (κ3) is 4.64. The Hall–Kier alpha value is -4.22. The molecule has 0 unspecified atom stereocenters. The first kappa shape index (κ1) is 25.1. The number of piperidine rings is 1. The molecule has 5 aromatic rings. The molecular weight excluding hydrogens is 522 g/mol. The highest BCUT2D eigenvalue weighted by Crippen LogP contribution is 2.38. The SMILES string of the molecule is O=C(Cn1cc(-c2ccccc2Cl)c2c(OCCO)ncnc21)N1CCC(n2c(=O)[nH]c3ncccc32)CC1. The molecule has 0 aliphatic carbocycles. The molecule has 1 aliphatic rings. The van der Waals surface area contributed by atoms with Crippen molar-refractivity contribution >= 4 is 39.7 Å². The van der Waals surface area contributed by atoms with Crippen LogP contribution in [-0.2, 0) is 11.3 Å². The van der Waals surface area contributed by atoms with E-state index in [4.69, 9.17) is 16.3 Å². The molecular formula is C27H26ClN7O4. The zero-order valence-electron chi connectivity index (χ0n) is 21.0. The smallest absolute Gasteiger partial charge is 0.327 e. The maximum atomic E-state index is 13.4. The number of amides is 1. The summed E-state index contributed by atoms with van der Waals surface area (Å²) in [7, 11) is 0. The highest BCUT2D eigenvalue weighted by Gasteiger charge is 2.27. The number of aliphatic hydroxyl groups is 1. The number of H-pyrrole nitrogens is 1. The second-order valence-corrected chi connectivity index (χ2v) is 9.79. The van der Waals surface area contributed by atoms with Gasteiger partial charge in [0.15, 0.2) is 5.65 Å². The minimum Gasteiger partial charge on any atom is -0.475 e. The van der Waals surface area contributed by atoms with Crippen LogP contribution in [0.25, 0.3) is 33.3 Å². The maximum absolute atomic E-state index is 13.4. The Bertz CT molecular complexity index is 1720. The van der Waals surface area contributed by atoms with Crippen molar-refractivity contribution in [3.05, 3.63) is 70.6 Å². The normalized spacial score (nSPS) is 14.4. The summed E-state index contributed by atoms with van der Waals surface area (Å²) >= 11 is 6.52. The summed E-state index contributed by atoms with van der Waals surface area (Å²) in [5, 5.41) is 10.4. The maximum Gasteiger partial charge on any atom is 0.327 e. The molecule has 2 N–H and O–H groups in total. The van der Waals surface area contributed by atoms with Gasteiger partial charge >= 0.3 is 5.69 Å². The number of halogens is 1. The number of aromatic nitrogens is 6. The average Bonchev–Trinajstić information content (AvgIpc) is 3.49. The number of rotatable bonds is 7. The van der Waals surface area contributed by atoms with Gasteiger partial charge in [0.1, 0.15) is 25.1 Å². The predicted octanol–water partition coefficient (Wildman–Crippen LogP) is 3.02. The van der Waals surface area contributed by atoms with Gasteiger partial charge in [0, 0.05) is 47.7 Å². The summed E-state index contributed by atoms with van der Waals surface area (Å²) in [6.45, 7) is 1.03. The number of aliphatic hydroxyl groups excluding tert-OH is 1. The minimum atomic E-state index is -0.182. The molecule has 1 amide bonds. The first-order valence-electron chi connectivity index (χ1n) is 12.7. The molecule has 0 atom stereocenters. The Labute approximate surface area is 227 Å². The summed E-state index contributed by atoms with van der Waals surface area (Å²) in [5.74, 6) is 0.259. The van der Waals surface area contributed by atoms with E-state index in [0.717, 1.165) is 16.6 Å². The molecule has 0 spiro atoms. The number of benzene rings is 1. The molecule has 39 heavy (non-hydrogen) atoms. The number of ether oxygens (including phenoxy) is 1. The van der Waals surface area contributed by atoms with Gasteiger partial charge in [-0.25, -0.2) is 19.7 Å². The molecule has 0 bridgehead atoms. The number of pyridine rings is 1. The van der Waals surface area contributed by atoms with Gasteiger partial charge in [-0.2, -0.15) is 0 Å². The number of hydrogen-bond acceptors (Lipinski definition) is 7. The average molecular weight is 548 g/mol. The van der Waals surface area contributed by atoms with Gasteiger partial charge in [-0.05, 0) is 31.0 Å². The molecule has 12 heteroatoms. The van der Waals surface area contributed by atoms with Gasteiger partial charge < -0.3 is 19.3 Å². The summed E-state index contributed by atoms with van der Waals surface area (Å²) in [4.78, 5) is 43.6. The van der Waals surface area contributed by atoms with E-state index in [-0.39, 0.29) is 37.4 Å². The van der Waals surface area contributed by atoms with Crippen LogP contribution in [0.2, 0.25) is 5.02 Å². The van der Waals surface area contributed by atoms with Gasteiger partial charge in [0.2, 0.25) is 11.8 Å². The van der Waals surface area contributed by atoms with Crippen LogP contribution in [0.5, 0.6) is 5.88 Å². The van der Waals surface area contributed by atoms with Crippen LogP contribution in [0.15, 0.2) is 59.9 Å². The standard InChI is InChI=1S/C27H26ClN7O4/c28-20-5-2-1-4-18(20)19-14-34(25-23(19)26(31-16-30-25)39-13-12-36)15-22(37)33-10-7-17(8-11-33)35-21-6-3-9-29-24(21)32-27(35)38/h1-6,9,14,16-17,36H,7-8,10-13,15H2,(H,29,32,38). The van der Waals surface area contributed by atoms with E-state index >= 15 is 0 Å². The Morgan fingerprint density at radius 3 is 2.72 bits per heavy atom. The van der Waals surface area contributed by atoms with Crippen molar-refractivity contribution in [2.45, 2.75) is 25.4 Å². The van der Waals surface area contributed by atoms with E-state index < -0.39 is 0 Å². The van der Waals surface area contributed by atoms with Crippen molar-refractivity contribution < 1.29 is 14.6 Å². The fraction of sp³-hybridized carbons (Fsp3) is 0.296. The molecule has 200 valence electrons. The first-order chi connectivity index (χ1) is 19.0. The van der Waals surface area contributed by atoms with Crippen molar-refractivity contribution in [1.82, 2.24) is 34.0 Å². The van der Waals surface area contributed by atoms with E-state index in [0.29, 0.717) is 53.5 Å². The molecule has 0 radical (unpaired) electrons. The zero-order valence-corrected chi connectivity index (χ0v) is 21.7. The summed E-state index contributed by atoms with van der Waals surface area (Å²) in [6, 6.07) is 11.1. The lowest BCUT2D eigenvalue weighted by Crippen LogP contribution is -2.41. The number of hydrogen-bond donors (Lipinski definition) is 2. The molecule has 11 nitrogen and oxygen atoms in total. The number of aromatic amines is 1. The number of imidazole rings is 1. The predicted molar refractivity (Wildman–Crippen MR) is 146 cm³/mol. The second-order valence-electron chi connectivity index (χ2n) is 9.38. The van der Waals surface area contributed by atoms with Crippen LogP contribution in [-0.4, -0.2) is 71.3 Å². The summed E-state index contributed by atoms with van der Waals surface area (Å²) < 4.78 is 9.24. The lowest BCUT2D eigenvalue weighted by molar-refractivity contribution is -0.133. The van der Waals surface area contributed by atoms with E-state index in [1.54, 1.807) is 21.4 Å². The van der Waals surface area contributed by atoms with Gasteiger partial charge in [-0.15, -0.1) is 0 Å². The number of nitrogens with zero attached hydrogens (tertiary/aromatic N) is 6. The lowest BCUT2D eigenvalue weighted by Gasteiger charge is -2.32. The van der Waals surface area contributed by atoms with Crippen molar-refractivity contribution in [2.75, 3.05) is 26.3 Å². The van der Waals surface area contributed by atoms with Crippen molar-refractivity contribution in [1.29, 1.82) is 0 Å². The minimum absolute atomic E-state index is 0.0160. The second kappa shape index (κ2) is 10.5. The number of nitrogens with one attached hydrogen (secondary N) is 1. The molecule has 1 fully saturated rings. The molecule has 4 aromatic heterocycles. The van der Waals surface area contributed by atoms with Gasteiger partial charge in [0.25, 0.3) is 0 Å². The van der Waals surface area contributed by atoms with Crippen molar-refractivity contribution in [3.8, 4) is 17.0 Å². The number of carbonyl (C=O) groups is 1. The largest absolute Gasteiger partial charge is 0.475 e. The Balaban J connectivity index is 1.26. The number of likely N-dealkylation sites (tertiary alicyclic amines) is 1. The van der Waals surface area contributed by atoms with Crippen LogP contribution in [0.1, 0.15) is 18.9 Å². The number of fused-ring (bicyclic) bond motifs is 2. The highest BCUT2D eigenvalue weighted by molar-refractivity contribution is 6.33. The third-order valence-corrected chi connectivity index (χ3v) is 7.42. The number of carbonyl (C=O) groups excluding carboxylic acids is 1. The molecule has 5 heterocycles. The molecule has 1 aliphatic heterocycles. The summed E-state index contributed by atoms with van der Waals surface area (Å²) in [5.41, 5.74) is 3.20. The first-order valence-corrected chi connectivity index (χ1v) is 13.1.